The van der Waals surface area contributed by atoms with Gasteiger partial charge in [-0.15, -0.1) is 0 Å². The van der Waals surface area contributed by atoms with Crippen molar-refractivity contribution >= 4 is 11.9 Å². The molecule has 1 amide bonds. The van der Waals surface area contributed by atoms with Crippen LogP contribution in [0.3, 0.4) is 0 Å². The van der Waals surface area contributed by atoms with E-state index in [1.54, 1.807) is 6.92 Å². The summed E-state index contributed by atoms with van der Waals surface area (Å²) in [4.78, 5) is 21.6. The van der Waals surface area contributed by atoms with Gasteiger partial charge < -0.3 is 20.8 Å². The van der Waals surface area contributed by atoms with Gasteiger partial charge in [-0.1, -0.05) is 13.3 Å². The zero-order valence-corrected chi connectivity index (χ0v) is 10.6. The maximum absolute atomic E-state index is 10.8. The number of aliphatic hydroxyl groups is 1. The Morgan fingerprint density at radius 1 is 1.41 bits per heavy atom. The van der Waals surface area contributed by atoms with E-state index in [0.717, 1.165) is 6.42 Å². The fourth-order valence-corrected chi connectivity index (χ4v) is 1.56. The largest absolute Gasteiger partial charge is 0.480 e. The maximum atomic E-state index is 10.8. The van der Waals surface area contributed by atoms with Gasteiger partial charge in [0.25, 0.3) is 0 Å². The molecule has 0 aromatic heterocycles. The van der Waals surface area contributed by atoms with E-state index in [1.807, 2.05) is 6.92 Å². The molecular weight excluding hydrogens is 224 g/mol. The van der Waals surface area contributed by atoms with Crippen molar-refractivity contribution in [3.05, 3.63) is 0 Å². The topological polar surface area (TPSA) is 98.7 Å². The summed E-state index contributed by atoms with van der Waals surface area (Å²) in [6, 6.07) is -0.968. The number of amides is 1. The number of nitrogens with one attached hydrogen (secondary N) is 2. The molecule has 6 heteroatoms. The second-order valence-electron chi connectivity index (χ2n) is 4.47. The third-order valence-corrected chi connectivity index (χ3v) is 2.32. The van der Waals surface area contributed by atoms with Gasteiger partial charge in [-0.2, -0.15) is 0 Å². The van der Waals surface area contributed by atoms with Crippen molar-refractivity contribution in [2.24, 2.45) is 0 Å². The Hall–Kier alpha value is -1.14. The molecule has 4 N–H and O–H groups in total. The third kappa shape index (κ3) is 7.70. The van der Waals surface area contributed by atoms with E-state index in [-0.39, 0.29) is 12.5 Å². The van der Waals surface area contributed by atoms with Crippen LogP contribution in [0.1, 0.15) is 33.6 Å². The first-order valence-corrected chi connectivity index (χ1v) is 5.71. The maximum Gasteiger partial charge on any atom is 0.327 e. The van der Waals surface area contributed by atoms with Crippen LogP contribution < -0.4 is 10.6 Å². The first kappa shape index (κ1) is 15.9. The van der Waals surface area contributed by atoms with Crippen molar-refractivity contribution < 1.29 is 19.8 Å². The quantitative estimate of drug-likeness (QED) is 0.472. The van der Waals surface area contributed by atoms with Crippen molar-refractivity contribution in [3.8, 4) is 0 Å². The van der Waals surface area contributed by atoms with Gasteiger partial charge in [0.1, 0.15) is 6.04 Å². The van der Waals surface area contributed by atoms with Crippen LogP contribution in [0.5, 0.6) is 0 Å². The second kappa shape index (κ2) is 7.24. The standard InChI is InChI=1S/C11H22N2O4/c1-4-5-11(3,17)7-12-6-9(10(15)16)13-8(2)14/h9,12,17H,4-7H2,1-3H3,(H,13,14)(H,15,16). The van der Waals surface area contributed by atoms with Crippen LogP contribution in [0.25, 0.3) is 0 Å². The molecule has 0 aliphatic carbocycles. The van der Waals surface area contributed by atoms with Crippen LogP contribution in [-0.2, 0) is 9.59 Å². The Kier molecular flexibility index (Phi) is 6.75. The molecule has 17 heavy (non-hydrogen) atoms. The molecule has 2 atom stereocenters. The monoisotopic (exact) mass is 246 g/mol. The number of hydrogen-bond donors (Lipinski definition) is 4. The van der Waals surface area contributed by atoms with Crippen LogP contribution >= 0.6 is 0 Å². The Bertz CT molecular complexity index is 266. The van der Waals surface area contributed by atoms with Gasteiger partial charge in [-0.05, 0) is 13.3 Å². The van der Waals surface area contributed by atoms with Crippen LogP contribution in [-0.4, -0.2) is 46.8 Å². The third-order valence-electron chi connectivity index (χ3n) is 2.32. The van der Waals surface area contributed by atoms with Gasteiger partial charge in [0.2, 0.25) is 5.91 Å². The van der Waals surface area contributed by atoms with Crippen LogP contribution in [0, 0.1) is 0 Å². The molecule has 0 heterocycles. The molecule has 0 saturated heterocycles. The molecule has 0 aromatic rings. The molecule has 0 spiro atoms. The number of carboxylic acid groups (broad SMARTS) is 1. The number of carboxylic acids is 1. The molecule has 0 aromatic carbocycles. The Morgan fingerprint density at radius 2 is 2.00 bits per heavy atom. The van der Waals surface area contributed by atoms with Gasteiger partial charge in [-0.25, -0.2) is 4.79 Å². The molecule has 0 saturated carbocycles. The van der Waals surface area contributed by atoms with Gasteiger partial charge >= 0.3 is 5.97 Å². The molecular formula is C11H22N2O4. The molecule has 0 fully saturated rings. The zero-order chi connectivity index (χ0) is 13.5. The van der Waals surface area contributed by atoms with Crippen LogP contribution in [0.15, 0.2) is 0 Å². The average Bonchev–Trinajstić information content (AvgIpc) is 2.14. The van der Waals surface area contributed by atoms with E-state index < -0.39 is 17.6 Å². The van der Waals surface area contributed by atoms with Crippen molar-refractivity contribution in [1.82, 2.24) is 10.6 Å². The van der Waals surface area contributed by atoms with E-state index in [0.29, 0.717) is 13.0 Å². The van der Waals surface area contributed by atoms with Gasteiger partial charge in [0.15, 0.2) is 0 Å². The number of hydrogen-bond acceptors (Lipinski definition) is 4. The van der Waals surface area contributed by atoms with E-state index in [4.69, 9.17) is 5.11 Å². The summed E-state index contributed by atoms with van der Waals surface area (Å²) in [5.74, 6) is -1.48. The summed E-state index contributed by atoms with van der Waals surface area (Å²) in [6.07, 6.45) is 1.49. The smallest absolute Gasteiger partial charge is 0.327 e. The summed E-state index contributed by atoms with van der Waals surface area (Å²) < 4.78 is 0. The van der Waals surface area contributed by atoms with Crippen molar-refractivity contribution in [2.75, 3.05) is 13.1 Å². The first-order valence-electron chi connectivity index (χ1n) is 5.71. The van der Waals surface area contributed by atoms with Crippen molar-refractivity contribution in [1.29, 1.82) is 0 Å². The lowest BCUT2D eigenvalue weighted by Gasteiger charge is -2.24. The lowest BCUT2D eigenvalue weighted by atomic mass is 10.0. The van der Waals surface area contributed by atoms with E-state index in [2.05, 4.69) is 10.6 Å². The SMILES string of the molecule is CCCC(C)(O)CNCC(NC(C)=O)C(=O)O. The molecule has 0 bridgehead atoms. The Morgan fingerprint density at radius 3 is 2.41 bits per heavy atom. The molecule has 6 nitrogen and oxygen atoms in total. The summed E-state index contributed by atoms with van der Waals surface area (Å²) in [7, 11) is 0. The summed E-state index contributed by atoms with van der Waals surface area (Å²) >= 11 is 0. The fraction of sp³-hybridized carbons (Fsp3) is 0.818. The lowest BCUT2D eigenvalue weighted by molar-refractivity contribution is -0.141. The molecule has 100 valence electrons. The molecule has 0 rings (SSSR count). The molecule has 0 aliphatic heterocycles. The Balaban J connectivity index is 4.06. The van der Waals surface area contributed by atoms with Gasteiger partial charge in [-0.3, -0.25) is 4.79 Å². The summed E-state index contributed by atoms with van der Waals surface area (Å²) in [5.41, 5.74) is -0.853. The average molecular weight is 246 g/mol. The number of carbonyl (C=O) groups is 2. The Labute approximate surface area is 101 Å². The highest BCUT2D eigenvalue weighted by atomic mass is 16.4. The van der Waals surface area contributed by atoms with Crippen molar-refractivity contribution in [3.63, 3.8) is 0 Å². The van der Waals surface area contributed by atoms with E-state index in [9.17, 15) is 14.7 Å². The minimum atomic E-state index is -1.09. The molecule has 0 radical (unpaired) electrons. The first-order chi connectivity index (χ1) is 7.78. The summed E-state index contributed by atoms with van der Waals surface area (Å²) in [5, 5.41) is 23.9. The second-order valence-corrected chi connectivity index (χ2v) is 4.47. The van der Waals surface area contributed by atoms with Gasteiger partial charge in [0.05, 0.1) is 5.60 Å². The summed E-state index contributed by atoms with van der Waals surface area (Å²) in [6.45, 7) is 5.31. The van der Waals surface area contributed by atoms with Crippen LogP contribution in [0.2, 0.25) is 0 Å². The van der Waals surface area contributed by atoms with Crippen molar-refractivity contribution in [2.45, 2.75) is 45.3 Å². The predicted molar refractivity (Wildman–Crippen MR) is 63.6 cm³/mol. The zero-order valence-electron chi connectivity index (χ0n) is 10.6. The highest BCUT2D eigenvalue weighted by Crippen LogP contribution is 2.09. The van der Waals surface area contributed by atoms with Crippen LogP contribution in [0.4, 0.5) is 0 Å². The number of carbonyl (C=O) groups excluding carboxylic acids is 1. The van der Waals surface area contributed by atoms with E-state index in [1.165, 1.54) is 6.92 Å². The normalized spacial score (nSPS) is 16.0. The minimum absolute atomic E-state index is 0.0920. The highest BCUT2D eigenvalue weighted by molar-refractivity contribution is 5.82. The predicted octanol–water partition coefficient (Wildman–Crippen LogP) is -0.284. The van der Waals surface area contributed by atoms with E-state index >= 15 is 0 Å². The molecule has 2 unspecified atom stereocenters. The molecule has 0 aliphatic rings. The number of aliphatic carboxylic acids is 1. The number of rotatable bonds is 8. The highest BCUT2D eigenvalue weighted by Gasteiger charge is 2.22. The van der Waals surface area contributed by atoms with Gasteiger partial charge in [0, 0.05) is 20.0 Å². The lowest BCUT2D eigenvalue weighted by Crippen LogP contribution is -2.49. The fourth-order valence-electron chi connectivity index (χ4n) is 1.56. The minimum Gasteiger partial charge on any atom is -0.480 e.